The van der Waals surface area contributed by atoms with Crippen molar-refractivity contribution in [1.82, 2.24) is 15.0 Å². The molecule has 0 amide bonds. The van der Waals surface area contributed by atoms with E-state index >= 15 is 0 Å². The summed E-state index contributed by atoms with van der Waals surface area (Å²) >= 11 is 5.89. The van der Waals surface area contributed by atoms with Crippen LogP contribution in [-0.2, 0) is 0 Å². The molecule has 0 radical (unpaired) electrons. The number of ether oxygens (including phenoxy) is 1. The van der Waals surface area contributed by atoms with E-state index < -0.39 is 0 Å². The Kier molecular flexibility index (Phi) is 5.12. The Balaban J connectivity index is 2.34. The molecule has 0 bridgehead atoms. The molecule has 20 heavy (non-hydrogen) atoms. The maximum atomic E-state index is 5.89. The molecule has 6 heteroatoms. The predicted octanol–water partition coefficient (Wildman–Crippen LogP) is 3.41. The Bertz CT molecular complexity index is 560. The lowest BCUT2D eigenvalue weighted by Gasteiger charge is -2.08. The van der Waals surface area contributed by atoms with Gasteiger partial charge in [0.25, 0.3) is 0 Å². The summed E-state index contributed by atoms with van der Waals surface area (Å²) in [5, 5.41) is 3.82. The molecule has 106 valence electrons. The first-order chi connectivity index (χ1) is 9.72. The normalized spacial score (nSPS) is 10.3. The van der Waals surface area contributed by atoms with Crippen molar-refractivity contribution in [2.75, 3.05) is 18.5 Å². The number of nitrogens with zero attached hydrogens (tertiary/aromatic N) is 3. The molecule has 0 saturated carbocycles. The summed E-state index contributed by atoms with van der Waals surface area (Å²) in [5.41, 5.74) is 0.873. The Hall–Kier alpha value is -1.88. The number of rotatable bonds is 6. The van der Waals surface area contributed by atoms with E-state index in [4.69, 9.17) is 16.3 Å². The highest BCUT2D eigenvalue weighted by molar-refractivity contribution is 6.30. The van der Waals surface area contributed by atoms with E-state index in [1.807, 2.05) is 19.1 Å². The zero-order valence-electron chi connectivity index (χ0n) is 11.6. The van der Waals surface area contributed by atoms with Crippen LogP contribution in [0.4, 0.5) is 5.95 Å². The molecule has 5 nitrogen and oxygen atoms in total. The van der Waals surface area contributed by atoms with Crippen LogP contribution in [0.5, 0.6) is 6.01 Å². The average molecular weight is 293 g/mol. The number of aromatic nitrogens is 3. The van der Waals surface area contributed by atoms with Crippen LogP contribution >= 0.6 is 11.6 Å². The van der Waals surface area contributed by atoms with Gasteiger partial charge in [-0.1, -0.05) is 18.5 Å². The first-order valence-electron chi connectivity index (χ1n) is 6.61. The van der Waals surface area contributed by atoms with Crippen LogP contribution in [0.15, 0.2) is 24.3 Å². The molecule has 0 saturated heterocycles. The molecule has 2 aromatic rings. The Morgan fingerprint density at radius 2 is 1.85 bits per heavy atom. The van der Waals surface area contributed by atoms with E-state index in [-0.39, 0.29) is 0 Å². The molecule has 0 spiro atoms. The standard InChI is InChI=1S/C14H17ClN4O/c1-3-9-16-13-17-12(18-14(19-13)20-4-2)10-5-7-11(15)8-6-10/h5-8H,3-4,9H2,1-2H3,(H,16,17,18,19). The quantitative estimate of drug-likeness (QED) is 0.884. The number of anilines is 1. The summed E-state index contributed by atoms with van der Waals surface area (Å²) in [6.07, 6.45) is 0.992. The van der Waals surface area contributed by atoms with Crippen molar-refractivity contribution < 1.29 is 4.74 Å². The van der Waals surface area contributed by atoms with Gasteiger partial charge in [-0.05, 0) is 37.6 Å². The van der Waals surface area contributed by atoms with E-state index in [9.17, 15) is 0 Å². The van der Waals surface area contributed by atoms with Crippen LogP contribution in [0.1, 0.15) is 20.3 Å². The maximum Gasteiger partial charge on any atom is 0.321 e. The van der Waals surface area contributed by atoms with E-state index in [1.54, 1.807) is 12.1 Å². The number of halogens is 1. The topological polar surface area (TPSA) is 59.9 Å². The lowest BCUT2D eigenvalue weighted by Crippen LogP contribution is -2.08. The van der Waals surface area contributed by atoms with Crippen molar-refractivity contribution >= 4 is 17.5 Å². The van der Waals surface area contributed by atoms with Gasteiger partial charge in [-0.15, -0.1) is 0 Å². The first kappa shape index (κ1) is 14.5. The van der Waals surface area contributed by atoms with Crippen molar-refractivity contribution in [1.29, 1.82) is 0 Å². The second-order valence-corrected chi connectivity index (χ2v) is 4.57. The van der Waals surface area contributed by atoms with Crippen molar-refractivity contribution in [2.24, 2.45) is 0 Å². The monoisotopic (exact) mass is 292 g/mol. The second kappa shape index (κ2) is 7.05. The fourth-order valence-electron chi connectivity index (χ4n) is 1.59. The molecule has 1 heterocycles. The second-order valence-electron chi connectivity index (χ2n) is 4.13. The predicted molar refractivity (Wildman–Crippen MR) is 80.2 cm³/mol. The van der Waals surface area contributed by atoms with Crippen molar-refractivity contribution in [2.45, 2.75) is 20.3 Å². The van der Waals surface area contributed by atoms with Gasteiger partial charge < -0.3 is 10.1 Å². The van der Waals surface area contributed by atoms with Gasteiger partial charge in [0.15, 0.2) is 5.82 Å². The molecule has 0 aliphatic carbocycles. The third-order valence-corrected chi connectivity index (χ3v) is 2.78. The minimum atomic E-state index is 0.325. The van der Waals surface area contributed by atoms with Crippen LogP contribution in [-0.4, -0.2) is 28.1 Å². The fourth-order valence-corrected chi connectivity index (χ4v) is 1.72. The highest BCUT2D eigenvalue weighted by Gasteiger charge is 2.09. The van der Waals surface area contributed by atoms with Gasteiger partial charge in [0, 0.05) is 17.1 Å². The highest BCUT2D eigenvalue weighted by Crippen LogP contribution is 2.20. The molecule has 1 aromatic carbocycles. The third-order valence-electron chi connectivity index (χ3n) is 2.52. The van der Waals surface area contributed by atoms with Gasteiger partial charge in [-0.25, -0.2) is 0 Å². The molecule has 0 aliphatic rings. The molecular weight excluding hydrogens is 276 g/mol. The van der Waals surface area contributed by atoms with Gasteiger partial charge in [0.05, 0.1) is 6.61 Å². The Morgan fingerprint density at radius 3 is 2.50 bits per heavy atom. The molecule has 1 N–H and O–H groups in total. The number of benzene rings is 1. The number of hydrogen-bond donors (Lipinski definition) is 1. The fraction of sp³-hybridized carbons (Fsp3) is 0.357. The molecule has 0 unspecified atom stereocenters. The zero-order valence-corrected chi connectivity index (χ0v) is 12.3. The summed E-state index contributed by atoms with van der Waals surface area (Å²) < 4.78 is 5.38. The zero-order chi connectivity index (χ0) is 14.4. The SMILES string of the molecule is CCCNc1nc(OCC)nc(-c2ccc(Cl)cc2)n1. The summed E-state index contributed by atoms with van der Waals surface area (Å²) in [5.74, 6) is 1.09. The van der Waals surface area contributed by atoms with Gasteiger partial charge in [-0.3, -0.25) is 0 Å². The summed E-state index contributed by atoms with van der Waals surface area (Å²) in [6, 6.07) is 7.68. The average Bonchev–Trinajstić information content (AvgIpc) is 2.46. The lowest BCUT2D eigenvalue weighted by atomic mass is 10.2. The van der Waals surface area contributed by atoms with Gasteiger partial charge in [-0.2, -0.15) is 15.0 Å². The van der Waals surface area contributed by atoms with Crippen LogP contribution in [0.2, 0.25) is 5.02 Å². The van der Waals surface area contributed by atoms with Gasteiger partial charge >= 0.3 is 6.01 Å². The van der Waals surface area contributed by atoms with Crippen LogP contribution in [0.25, 0.3) is 11.4 Å². The third kappa shape index (κ3) is 3.81. The smallest absolute Gasteiger partial charge is 0.321 e. The van der Waals surface area contributed by atoms with E-state index in [0.29, 0.717) is 29.4 Å². The lowest BCUT2D eigenvalue weighted by molar-refractivity contribution is 0.312. The van der Waals surface area contributed by atoms with Gasteiger partial charge in [0.2, 0.25) is 5.95 Å². The van der Waals surface area contributed by atoms with Crippen molar-refractivity contribution in [3.05, 3.63) is 29.3 Å². The first-order valence-corrected chi connectivity index (χ1v) is 6.99. The molecular formula is C14H17ClN4O. The van der Waals surface area contributed by atoms with Gasteiger partial charge in [0.1, 0.15) is 0 Å². The molecule has 1 aromatic heterocycles. The van der Waals surface area contributed by atoms with Crippen molar-refractivity contribution in [3.63, 3.8) is 0 Å². The molecule has 2 rings (SSSR count). The van der Waals surface area contributed by atoms with E-state index in [1.165, 1.54) is 0 Å². The molecule has 0 fully saturated rings. The van der Waals surface area contributed by atoms with Crippen LogP contribution < -0.4 is 10.1 Å². The Labute approximate surface area is 123 Å². The largest absolute Gasteiger partial charge is 0.464 e. The minimum absolute atomic E-state index is 0.325. The minimum Gasteiger partial charge on any atom is -0.464 e. The Morgan fingerprint density at radius 1 is 1.10 bits per heavy atom. The summed E-state index contributed by atoms with van der Waals surface area (Å²) in [7, 11) is 0. The number of hydrogen-bond acceptors (Lipinski definition) is 5. The highest BCUT2D eigenvalue weighted by atomic mass is 35.5. The summed E-state index contributed by atoms with van der Waals surface area (Å²) in [6.45, 7) is 5.29. The number of nitrogens with one attached hydrogen (secondary N) is 1. The van der Waals surface area contributed by atoms with Crippen LogP contribution in [0.3, 0.4) is 0 Å². The maximum absolute atomic E-state index is 5.89. The van der Waals surface area contributed by atoms with E-state index in [2.05, 4.69) is 27.2 Å². The van der Waals surface area contributed by atoms with Crippen LogP contribution in [0, 0.1) is 0 Å². The molecule has 0 atom stereocenters. The van der Waals surface area contributed by atoms with E-state index in [0.717, 1.165) is 18.5 Å². The summed E-state index contributed by atoms with van der Waals surface area (Å²) in [4.78, 5) is 12.9. The molecule has 0 aliphatic heterocycles. The van der Waals surface area contributed by atoms with Crippen molar-refractivity contribution in [3.8, 4) is 17.4 Å².